The van der Waals surface area contributed by atoms with Gasteiger partial charge in [-0.3, -0.25) is 9.67 Å². The summed E-state index contributed by atoms with van der Waals surface area (Å²) in [6, 6.07) is 0. The number of hydrogen-bond acceptors (Lipinski definition) is 4. The van der Waals surface area contributed by atoms with Crippen molar-refractivity contribution in [1.82, 2.24) is 28.7 Å². The van der Waals surface area contributed by atoms with E-state index in [0.29, 0.717) is 22.6 Å². The third kappa shape index (κ3) is 1.29. The van der Waals surface area contributed by atoms with Gasteiger partial charge in [0, 0.05) is 13.6 Å². The Labute approximate surface area is 107 Å². The molecule has 0 aliphatic heterocycles. The molecule has 3 heterocycles. The average molecular weight is 264 g/mol. The predicted molar refractivity (Wildman–Crippen MR) is 69.2 cm³/mol. The quantitative estimate of drug-likeness (QED) is 0.696. The number of nitrogens with zero attached hydrogens (tertiary/aromatic N) is 5. The van der Waals surface area contributed by atoms with E-state index in [-0.39, 0.29) is 5.69 Å². The Hall–Kier alpha value is -1.96. The molecule has 0 radical (unpaired) electrons. The molecule has 0 spiro atoms. The van der Waals surface area contributed by atoms with E-state index in [9.17, 15) is 4.79 Å². The minimum absolute atomic E-state index is 0.197. The third-order valence-electron chi connectivity index (χ3n) is 2.93. The second kappa shape index (κ2) is 3.77. The van der Waals surface area contributed by atoms with Crippen molar-refractivity contribution >= 4 is 29.0 Å². The molecule has 0 aliphatic carbocycles. The van der Waals surface area contributed by atoms with Crippen LogP contribution in [0.25, 0.3) is 16.8 Å². The first-order valence-corrected chi connectivity index (χ1v) is 6.07. The van der Waals surface area contributed by atoms with E-state index in [2.05, 4.69) is 15.2 Å². The van der Waals surface area contributed by atoms with Crippen LogP contribution in [-0.4, -0.2) is 28.7 Å². The van der Waals surface area contributed by atoms with Gasteiger partial charge in [-0.25, -0.2) is 14.2 Å². The van der Waals surface area contributed by atoms with Gasteiger partial charge in [0.15, 0.2) is 11.3 Å². The van der Waals surface area contributed by atoms with Crippen molar-refractivity contribution < 1.29 is 0 Å². The first kappa shape index (κ1) is 11.1. The van der Waals surface area contributed by atoms with Crippen molar-refractivity contribution in [2.24, 2.45) is 7.05 Å². The number of hydrogen-bond donors (Lipinski definition) is 1. The molecule has 0 fully saturated rings. The number of fused-ring (bicyclic) bond motifs is 3. The van der Waals surface area contributed by atoms with Gasteiger partial charge >= 0.3 is 5.69 Å². The van der Waals surface area contributed by atoms with E-state index < -0.39 is 0 Å². The van der Waals surface area contributed by atoms with Gasteiger partial charge in [-0.15, -0.1) is 0 Å². The smallest absolute Gasteiger partial charge is 0.329 e. The Balaban J connectivity index is 2.65. The fourth-order valence-corrected chi connectivity index (χ4v) is 2.35. The number of rotatable bonds is 2. The van der Waals surface area contributed by atoms with Crippen molar-refractivity contribution in [2.45, 2.75) is 19.9 Å². The van der Waals surface area contributed by atoms with Crippen LogP contribution in [0.1, 0.15) is 13.3 Å². The molecule has 7 nitrogen and oxygen atoms in total. The maximum atomic E-state index is 12.4. The molecular weight excluding hydrogens is 252 g/mol. The van der Waals surface area contributed by atoms with Crippen LogP contribution in [0, 0.1) is 4.77 Å². The summed E-state index contributed by atoms with van der Waals surface area (Å²) in [7, 11) is 1.87. The molecule has 0 saturated heterocycles. The Kier molecular flexibility index (Phi) is 2.34. The second-order valence-corrected chi connectivity index (χ2v) is 4.54. The van der Waals surface area contributed by atoms with Gasteiger partial charge in [-0.05, 0) is 18.6 Å². The third-order valence-corrected chi connectivity index (χ3v) is 3.20. The summed E-state index contributed by atoms with van der Waals surface area (Å²) in [5.41, 5.74) is 1.77. The van der Waals surface area contributed by atoms with Crippen molar-refractivity contribution in [2.75, 3.05) is 0 Å². The molecule has 0 bridgehead atoms. The summed E-state index contributed by atoms with van der Waals surface area (Å²) >= 11 is 5.10. The van der Waals surface area contributed by atoms with Crippen molar-refractivity contribution in [3.05, 3.63) is 21.6 Å². The second-order valence-electron chi connectivity index (χ2n) is 4.15. The molecule has 94 valence electrons. The Bertz CT molecular complexity index is 851. The van der Waals surface area contributed by atoms with Crippen LogP contribution in [0.15, 0.2) is 11.1 Å². The molecule has 18 heavy (non-hydrogen) atoms. The number of aromatic nitrogens is 6. The lowest BCUT2D eigenvalue weighted by Gasteiger charge is -2.06. The lowest BCUT2D eigenvalue weighted by atomic mass is 10.4. The maximum absolute atomic E-state index is 12.4. The SMILES string of the molecule is CCCn1c(=O)n2c(=S)[nH]nc2c2c1ncn2C. The molecule has 0 unspecified atom stereocenters. The van der Waals surface area contributed by atoms with Gasteiger partial charge in [0.2, 0.25) is 4.77 Å². The van der Waals surface area contributed by atoms with Crippen LogP contribution in [-0.2, 0) is 13.6 Å². The van der Waals surface area contributed by atoms with E-state index in [1.165, 1.54) is 4.40 Å². The van der Waals surface area contributed by atoms with Crippen molar-refractivity contribution in [3.63, 3.8) is 0 Å². The van der Waals surface area contributed by atoms with Gasteiger partial charge in [-0.2, -0.15) is 5.10 Å². The van der Waals surface area contributed by atoms with Gasteiger partial charge in [0.1, 0.15) is 5.52 Å². The molecule has 0 aromatic carbocycles. The summed E-state index contributed by atoms with van der Waals surface area (Å²) in [6.45, 7) is 2.62. The summed E-state index contributed by atoms with van der Waals surface area (Å²) in [6.07, 6.45) is 2.52. The molecule has 1 N–H and O–H groups in total. The van der Waals surface area contributed by atoms with Gasteiger partial charge in [-0.1, -0.05) is 6.92 Å². The van der Waals surface area contributed by atoms with Crippen LogP contribution in [0.5, 0.6) is 0 Å². The zero-order valence-electron chi connectivity index (χ0n) is 10.0. The monoisotopic (exact) mass is 264 g/mol. The fraction of sp³-hybridized carbons (Fsp3) is 0.400. The molecular formula is C10H12N6OS. The van der Waals surface area contributed by atoms with E-state index in [4.69, 9.17) is 12.2 Å². The molecule has 0 amide bonds. The molecule has 3 aromatic heterocycles. The number of imidazole rings is 1. The Morgan fingerprint density at radius 3 is 2.94 bits per heavy atom. The molecule has 8 heteroatoms. The van der Waals surface area contributed by atoms with E-state index in [0.717, 1.165) is 11.9 Å². The highest BCUT2D eigenvalue weighted by Gasteiger charge is 2.16. The average Bonchev–Trinajstić information content (AvgIpc) is 2.89. The number of aromatic amines is 1. The van der Waals surface area contributed by atoms with E-state index in [1.54, 1.807) is 10.9 Å². The summed E-state index contributed by atoms with van der Waals surface area (Å²) in [5.74, 6) is 0. The Morgan fingerprint density at radius 1 is 1.44 bits per heavy atom. The highest BCUT2D eigenvalue weighted by Crippen LogP contribution is 2.14. The number of nitrogens with one attached hydrogen (secondary N) is 1. The first-order chi connectivity index (χ1) is 8.65. The topological polar surface area (TPSA) is 72.9 Å². The van der Waals surface area contributed by atoms with E-state index >= 15 is 0 Å². The van der Waals surface area contributed by atoms with Crippen LogP contribution in [0.3, 0.4) is 0 Å². The molecule has 0 aliphatic rings. The number of H-pyrrole nitrogens is 1. The Morgan fingerprint density at radius 2 is 2.22 bits per heavy atom. The minimum atomic E-state index is -0.197. The minimum Gasteiger partial charge on any atom is -0.329 e. The van der Waals surface area contributed by atoms with Crippen molar-refractivity contribution in [3.8, 4) is 0 Å². The highest BCUT2D eigenvalue weighted by molar-refractivity contribution is 7.71. The number of aryl methyl sites for hydroxylation is 2. The molecule has 0 atom stereocenters. The van der Waals surface area contributed by atoms with Crippen LogP contribution in [0.2, 0.25) is 0 Å². The normalized spacial score (nSPS) is 11.7. The standard InChI is InChI=1S/C10H12N6OS/c1-3-4-15-7-6(14(2)5-11-7)8-12-13-9(18)16(8)10(15)17/h5H,3-4H2,1-2H3,(H,13,18). The maximum Gasteiger partial charge on any atom is 0.338 e. The largest absolute Gasteiger partial charge is 0.338 e. The zero-order valence-corrected chi connectivity index (χ0v) is 10.9. The molecule has 3 rings (SSSR count). The first-order valence-electron chi connectivity index (χ1n) is 5.66. The summed E-state index contributed by atoms with van der Waals surface area (Å²) in [4.78, 5) is 16.7. The highest BCUT2D eigenvalue weighted by atomic mass is 32.1. The molecule has 3 aromatic rings. The van der Waals surface area contributed by atoms with Crippen molar-refractivity contribution in [1.29, 1.82) is 0 Å². The lowest BCUT2D eigenvalue weighted by molar-refractivity contribution is 0.646. The fourth-order valence-electron chi connectivity index (χ4n) is 2.14. The van der Waals surface area contributed by atoms with Gasteiger partial charge in [0.05, 0.1) is 6.33 Å². The van der Waals surface area contributed by atoms with Crippen LogP contribution in [0.4, 0.5) is 0 Å². The zero-order chi connectivity index (χ0) is 12.9. The summed E-state index contributed by atoms with van der Waals surface area (Å²) in [5, 5.41) is 6.77. The van der Waals surface area contributed by atoms with E-state index in [1.807, 2.05) is 18.5 Å². The molecule has 0 saturated carbocycles. The summed E-state index contributed by atoms with van der Waals surface area (Å²) < 4.78 is 5.19. The predicted octanol–water partition coefficient (Wildman–Crippen LogP) is 0.850. The lowest BCUT2D eigenvalue weighted by Crippen LogP contribution is -2.27. The van der Waals surface area contributed by atoms with Crippen LogP contribution < -0.4 is 5.69 Å². The van der Waals surface area contributed by atoms with Gasteiger partial charge in [0.25, 0.3) is 0 Å². The van der Waals surface area contributed by atoms with Crippen LogP contribution >= 0.6 is 12.2 Å². The van der Waals surface area contributed by atoms with Gasteiger partial charge < -0.3 is 4.57 Å².